The van der Waals surface area contributed by atoms with Crippen molar-refractivity contribution in [3.05, 3.63) is 54.6 Å². The van der Waals surface area contributed by atoms with E-state index < -0.39 is 12.1 Å². The third-order valence-corrected chi connectivity index (χ3v) is 5.54. The van der Waals surface area contributed by atoms with Crippen LogP contribution in [0.15, 0.2) is 54.6 Å². The molecule has 2 saturated heterocycles. The number of hydrogen-bond donors (Lipinski definition) is 2. The molecule has 0 saturated carbocycles. The number of carboxylic acid groups (broad SMARTS) is 1. The Morgan fingerprint density at radius 1 is 1.21 bits per heavy atom. The standard InChI is InChI=1S/C23H30O5/c24-17(16-27-18-8-4-3-5-9-18)12-13-20-19(21-14-15-22(20)28-21)10-6-1-2-7-11-23(25)26/h1,3-6,8-9,12-13,17,19-22,24H,2,7,10-11,14-16H2,(H,25,26)/b6-1-,13-12+/t17?,19-,20+,21-,22+/m1/s1. The molecule has 1 unspecified atom stereocenters. The van der Waals surface area contributed by atoms with E-state index in [1.807, 2.05) is 36.4 Å². The lowest BCUT2D eigenvalue weighted by Gasteiger charge is -2.25. The maximum Gasteiger partial charge on any atom is 0.303 e. The number of aliphatic carboxylic acids is 1. The van der Waals surface area contributed by atoms with Gasteiger partial charge in [-0.25, -0.2) is 0 Å². The summed E-state index contributed by atoms with van der Waals surface area (Å²) in [7, 11) is 0. The first kappa shape index (κ1) is 20.6. The molecule has 152 valence electrons. The topological polar surface area (TPSA) is 76.0 Å². The van der Waals surface area contributed by atoms with Crippen molar-refractivity contribution in [2.45, 2.75) is 56.8 Å². The van der Waals surface area contributed by atoms with E-state index in [1.165, 1.54) is 0 Å². The Bertz CT molecular complexity index is 669. The average Bonchev–Trinajstić information content (AvgIpc) is 3.30. The first-order valence-corrected chi connectivity index (χ1v) is 10.2. The summed E-state index contributed by atoms with van der Waals surface area (Å²) in [5.74, 6) is 0.751. The van der Waals surface area contributed by atoms with Gasteiger partial charge in [0.05, 0.1) is 12.2 Å². The Balaban J connectivity index is 1.46. The largest absolute Gasteiger partial charge is 0.491 e. The van der Waals surface area contributed by atoms with Crippen LogP contribution in [0.3, 0.4) is 0 Å². The van der Waals surface area contributed by atoms with Crippen LogP contribution in [-0.4, -0.2) is 41.1 Å². The molecule has 0 aromatic heterocycles. The van der Waals surface area contributed by atoms with Gasteiger partial charge in [-0.15, -0.1) is 0 Å². The van der Waals surface area contributed by atoms with Crippen LogP contribution >= 0.6 is 0 Å². The minimum atomic E-state index is -0.741. The van der Waals surface area contributed by atoms with Crippen molar-refractivity contribution < 1.29 is 24.5 Å². The van der Waals surface area contributed by atoms with Crippen LogP contribution in [0.2, 0.25) is 0 Å². The summed E-state index contributed by atoms with van der Waals surface area (Å²) in [6.07, 6.45) is 12.9. The molecule has 2 bridgehead atoms. The first-order valence-electron chi connectivity index (χ1n) is 10.2. The van der Waals surface area contributed by atoms with Gasteiger partial charge in [0.25, 0.3) is 0 Å². The van der Waals surface area contributed by atoms with Crippen LogP contribution in [-0.2, 0) is 9.53 Å². The Labute approximate surface area is 166 Å². The minimum Gasteiger partial charge on any atom is -0.491 e. The summed E-state index contributed by atoms with van der Waals surface area (Å²) in [5.41, 5.74) is 0. The zero-order valence-electron chi connectivity index (χ0n) is 16.2. The highest BCUT2D eigenvalue weighted by Gasteiger charge is 2.46. The quantitative estimate of drug-likeness (QED) is 0.444. The summed E-state index contributed by atoms with van der Waals surface area (Å²) in [5, 5.41) is 18.9. The Kier molecular flexibility index (Phi) is 7.69. The predicted molar refractivity (Wildman–Crippen MR) is 107 cm³/mol. The monoisotopic (exact) mass is 386 g/mol. The van der Waals surface area contributed by atoms with E-state index in [9.17, 15) is 9.90 Å². The van der Waals surface area contributed by atoms with Gasteiger partial charge in [0, 0.05) is 12.3 Å². The predicted octanol–water partition coefficient (Wildman–Crippen LogP) is 3.98. The van der Waals surface area contributed by atoms with Crippen molar-refractivity contribution in [2.24, 2.45) is 11.8 Å². The second-order valence-corrected chi connectivity index (χ2v) is 7.60. The SMILES string of the molecule is O=C(O)CCC/C=C\C[C@@H]1[C@H](/C=C/C(O)COc2ccccc2)[C@@H]2CC[C@H]1O2. The Hall–Kier alpha value is -2.11. The number of para-hydroxylation sites is 1. The van der Waals surface area contributed by atoms with Crippen molar-refractivity contribution in [1.82, 2.24) is 0 Å². The number of benzene rings is 1. The number of carbonyl (C=O) groups is 1. The highest BCUT2D eigenvalue weighted by molar-refractivity contribution is 5.66. The van der Waals surface area contributed by atoms with Crippen LogP contribution in [0.5, 0.6) is 5.75 Å². The normalized spacial score (nSPS) is 27.6. The lowest BCUT2D eigenvalue weighted by molar-refractivity contribution is -0.137. The van der Waals surface area contributed by atoms with E-state index in [4.69, 9.17) is 14.6 Å². The summed E-state index contributed by atoms with van der Waals surface area (Å²) in [4.78, 5) is 10.5. The molecular weight excluding hydrogens is 356 g/mol. The van der Waals surface area contributed by atoms with Crippen LogP contribution in [0, 0.1) is 11.8 Å². The highest BCUT2D eigenvalue weighted by Crippen LogP contribution is 2.45. The number of carboxylic acids is 1. The number of unbranched alkanes of at least 4 members (excludes halogenated alkanes) is 1. The van der Waals surface area contributed by atoms with Gasteiger partial charge in [0.2, 0.25) is 0 Å². The van der Waals surface area contributed by atoms with Gasteiger partial charge >= 0.3 is 5.97 Å². The van der Waals surface area contributed by atoms with Crippen LogP contribution < -0.4 is 4.74 Å². The lowest BCUT2D eigenvalue weighted by Crippen LogP contribution is -2.26. The minimum absolute atomic E-state index is 0.218. The van der Waals surface area contributed by atoms with Gasteiger partial charge in [-0.2, -0.15) is 0 Å². The Morgan fingerprint density at radius 3 is 2.79 bits per heavy atom. The van der Waals surface area contributed by atoms with E-state index in [-0.39, 0.29) is 19.1 Å². The van der Waals surface area contributed by atoms with Crippen molar-refractivity contribution in [3.8, 4) is 5.75 Å². The first-order chi connectivity index (χ1) is 13.6. The molecule has 2 fully saturated rings. The third-order valence-electron chi connectivity index (χ3n) is 5.54. The molecule has 1 aromatic carbocycles. The van der Waals surface area contributed by atoms with Crippen molar-refractivity contribution in [3.63, 3.8) is 0 Å². The zero-order chi connectivity index (χ0) is 19.8. The molecule has 5 nitrogen and oxygen atoms in total. The molecule has 3 rings (SSSR count). The van der Waals surface area contributed by atoms with E-state index in [0.717, 1.165) is 31.4 Å². The molecule has 2 aliphatic rings. The molecule has 0 spiro atoms. The van der Waals surface area contributed by atoms with Crippen LogP contribution in [0.25, 0.3) is 0 Å². The number of aliphatic hydroxyl groups excluding tert-OH is 1. The maximum absolute atomic E-state index is 10.5. The van der Waals surface area contributed by atoms with Gasteiger partial charge < -0.3 is 19.7 Å². The second kappa shape index (κ2) is 10.4. The van der Waals surface area contributed by atoms with E-state index in [0.29, 0.717) is 24.4 Å². The molecule has 1 aromatic rings. The van der Waals surface area contributed by atoms with Gasteiger partial charge in [-0.05, 0) is 50.2 Å². The van der Waals surface area contributed by atoms with Gasteiger partial charge in [0.1, 0.15) is 18.5 Å². The zero-order valence-corrected chi connectivity index (χ0v) is 16.2. The molecule has 0 aliphatic carbocycles. The smallest absolute Gasteiger partial charge is 0.303 e. The van der Waals surface area contributed by atoms with E-state index in [1.54, 1.807) is 0 Å². The molecule has 2 heterocycles. The number of ether oxygens (including phenoxy) is 2. The number of rotatable bonds is 11. The Morgan fingerprint density at radius 2 is 2.00 bits per heavy atom. The summed E-state index contributed by atoms with van der Waals surface area (Å²) in [6.45, 7) is 0.232. The summed E-state index contributed by atoms with van der Waals surface area (Å²) < 4.78 is 11.7. The molecule has 28 heavy (non-hydrogen) atoms. The van der Waals surface area contributed by atoms with Crippen molar-refractivity contribution >= 4 is 5.97 Å². The fourth-order valence-corrected chi connectivity index (χ4v) is 4.14. The maximum atomic E-state index is 10.5. The number of aliphatic hydroxyl groups is 1. The molecule has 5 heteroatoms. The molecule has 0 amide bonds. The molecule has 5 atom stereocenters. The average molecular weight is 386 g/mol. The fraction of sp³-hybridized carbons (Fsp3) is 0.522. The molecule has 2 N–H and O–H groups in total. The van der Waals surface area contributed by atoms with Crippen molar-refractivity contribution in [1.29, 1.82) is 0 Å². The summed E-state index contributed by atoms with van der Waals surface area (Å²) >= 11 is 0. The number of hydrogen-bond acceptors (Lipinski definition) is 4. The number of fused-ring (bicyclic) bond motifs is 2. The van der Waals surface area contributed by atoms with E-state index >= 15 is 0 Å². The highest BCUT2D eigenvalue weighted by atomic mass is 16.5. The van der Waals surface area contributed by atoms with Crippen molar-refractivity contribution in [2.75, 3.05) is 6.61 Å². The van der Waals surface area contributed by atoms with Crippen LogP contribution in [0.1, 0.15) is 38.5 Å². The lowest BCUT2D eigenvalue weighted by atomic mass is 9.77. The van der Waals surface area contributed by atoms with Gasteiger partial charge in [-0.1, -0.05) is 42.5 Å². The molecule has 2 aliphatic heterocycles. The summed E-state index contributed by atoms with van der Waals surface area (Å²) in [6, 6.07) is 9.49. The fourth-order valence-electron chi connectivity index (χ4n) is 4.14. The second-order valence-electron chi connectivity index (χ2n) is 7.60. The molecular formula is C23H30O5. The van der Waals surface area contributed by atoms with Crippen LogP contribution in [0.4, 0.5) is 0 Å². The molecule has 0 radical (unpaired) electrons. The van der Waals surface area contributed by atoms with Gasteiger partial charge in [0.15, 0.2) is 0 Å². The van der Waals surface area contributed by atoms with Gasteiger partial charge in [-0.3, -0.25) is 4.79 Å². The number of allylic oxidation sites excluding steroid dienone is 2. The third kappa shape index (κ3) is 5.94. The van der Waals surface area contributed by atoms with E-state index in [2.05, 4.69) is 18.2 Å².